The summed E-state index contributed by atoms with van der Waals surface area (Å²) in [6.45, 7) is 3.43. The van der Waals surface area contributed by atoms with Gasteiger partial charge < -0.3 is 10.1 Å². The predicted octanol–water partition coefficient (Wildman–Crippen LogP) is 3.17. The maximum absolute atomic E-state index is 5.30. The van der Waals surface area contributed by atoms with Crippen molar-refractivity contribution in [1.82, 2.24) is 10.2 Å². The van der Waals surface area contributed by atoms with Crippen LogP contribution < -0.4 is 10.1 Å². The second-order valence-electron chi connectivity index (χ2n) is 5.92. The van der Waals surface area contributed by atoms with E-state index in [2.05, 4.69) is 44.3 Å². The summed E-state index contributed by atoms with van der Waals surface area (Å²) >= 11 is 3.58. The van der Waals surface area contributed by atoms with Crippen LogP contribution in [0.5, 0.6) is 5.75 Å². The summed E-state index contributed by atoms with van der Waals surface area (Å²) in [5, 5.41) is 3.61. The minimum Gasteiger partial charge on any atom is -0.496 e. The number of halogens is 1. The molecule has 3 rings (SSSR count). The van der Waals surface area contributed by atoms with Crippen LogP contribution in [-0.2, 0) is 6.54 Å². The lowest BCUT2D eigenvalue weighted by atomic mass is 10.1. The summed E-state index contributed by atoms with van der Waals surface area (Å²) in [4.78, 5) is 2.65. The normalized spacial score (nSPS) is 22.4. The van der Waals surface area contributed by atoms with Crippen molar-refractivity contribution in [2.24, 2.45) is 0 Å². The molecule has 2 fully saturated rings. The molecule has 0 amide bonds. The van der Waals surface area contributed by atoms with Crippen LogP contribution in [-0.4, -0.2) is 37.2 Å². The Hall–Kier alpha value is -0.580. The van der Waals surface area contributed by atoms with Gasteiger partial charge in [0.2, 0.25) is 0 Å². The van der Waals surface area contributed by atoms with Crippen LogP contribution >= 0.6 is 15.9 Å². The molecule has 0 bridgehead atoms. The van der Waals surface area contributed by atoms with Crippen molar-refractivity contribution in [3.05, 3.63) is 28.2 Å². The van der Waals surface area contributed by atoms with Gasteiger partial charge in [0.05, 0.1) is 11.6 Å². The summed E-state index contributed by atoms with van der Waals surface area (Å²) in [6, 6.07) is 7.92. The van der Waals surface area contributed by atoms with Gasteiger partial charge in [0, 0.05) is 25.2 Å². The number of ether oxygens (including phenoxy) is 1. The highest BCUT2D eigenvalue weighted by molar-refractivity contribution is 9.10. The van der Waals surface area contributed by atoms with Crippen LogP contribution in [0.1, 0.15) is 31.2 Å². The van der Waals surface area contributed by atoms with E-state index in [4.69, 9.17) is 4.74 Å². The van der Waals surface area contributed by atoms with Crippen molar-refractivity contribution < 1.29 is 4.74 Å². The Bertz CT molecular complexity index is 456. The van der Waals surface area contributed by atoms with Gasteiger partial charge in [-0.2, -0.15) is 0 Å². The molecule has 0 spiro atoms. The summed E-state index contributed by atoms with van der Waals surface area (Å²) in [7, 11) is 1.71. The number of nitrogens with zero attached hydrogens (tertiary/aromatic N) is 1. The number of benzene rings is 1. The van der Waals surface area contributed by atoms with Crippen LogP contribution in [0.2, 0.25) is 0 Å². The second kappa shape index (κ2) is 6.46. The Morgan fingerprint density at radius 3 is 2.80 bits per heavy atom. The molecule has 1 saturated heterocycles. The predicted molar refractivity (Wildman–Crippen MR) is 85.2 cm³/mol. The number of rotatable bonds is 6. The van der Waals surface area contributed by atoms with Gasteiger partial charge in [-0.3, -0.25) is 4.90 Å². The molecule has 1 aromatic rings. The van der Waals surface area contributed by atoms with E-state index < -0.39 is 0 Å². The van der Waals surface area contributed by atoms with Gasteiger partial charge in [-0.25, -0.2) is 0 Å². The Morgan fingerprint density at radius 2 is 2.20 bits per heavy atom. The topological polar surface area (TPSA) is 24.5 Å². The zero-order valence-corrected chi connectivity index (χ0v) is 13.7. The third-order valence-corrected chi connectivity index (χ3v) is 4.90. The van der Waals surface area contributed by atoms with Gasteiger partial charge in [-0.1, -0.05) is 6.07 Å². The molecule has 1 aromatic carbocycles. The van der Waals surface area contributed by atoms with Crippen LogP contribution in [0, 0.1) is 0 Å². The standard InChI is InChI=1S/C16H23BrN2O/c1-20-16-7-4-12(9-15(16)17)10-19(14-5-6-14)11-13-3-2-8-18-13/h4,7,9,13-14,18H,2-3,5-6,8,10-11H2,1H3. The smallest absolute Gasteiger partial charge is 0.133 e. The fraction of sp³-hybridized carbons (Fsp3) is 0.625. The molecule has 20 heavy (non-hydrogen) atoms. The molecule has 1 aliphatic carbocycles. The highest BCUT2D eigenvalue weighted by Gasteiger charge is 2.31. The van der Waals surface area contributed by atoms with Crippen LogP contribution in [0.3, 0.4) is 0 Å². The summed E-state index contributed by atoms with van der Waals surface area (Å²) < 4.78 is 6.35. The molecule has 3 nitrogen and oxygen atoms in total. The molecule has 1 N–H and O–H groups in total. The first-order valence-electron chi connectivity index (χ1n) is 7.56. The van der Waals surface area contributed by atoms with E-state index in [1.54, 1.807) is 7.11 Å². The first-order valence-corrected chi connectivity index (χ1v) is 8.35. The first kappa shape index (κ1) is 14.4. The summed E-state index contributed by atoms with van der Waals surface area (Å²) in [5.41, 5.74) is 1.36. The summed E-state index contributed by atoms with van der Waals surface area (Å²) in [5.74, 6) is 0.907. The minimum atomic E-state index is 0.692. The van der Waals surface area contributed by atoms with Gasteiger partial charge in [-0.05, 0) is 65.9 Å². The molecule has 4 heteroatoms. The lowest BCUT2D eigenvalue weighted by Gasteiger charge is -2.25. The highest BCUT2D eigenvalue weighted by Crippen LogP contribution is 2.31. The van der Waals surface area contributed by atoms with Crippen LogP contribution in [0.4, 0.5) is 0 Å². The lowest BCUT2D eigenvalue weighted by Crippen LogP contribution is -2.38. The SMILES string of the molecule is COc1ccc(CN(CC2CCCN2)C2CC2)cc1Br. The van der Waals surface area contributed by atoms with Gasteiger partial charge in [0.15, 0.2) is 0 Å². The van der Waals surface area contributed by atoms with Crippen molar-refractivity contribution in [1.29, 1.82) is 0 Å². The van der Waals surface area contributed by atoms with E-state index in [-0.39, 0.29) is 0 Å². The number of nitrogens with one attached hydrogen (secondary N) is 1. The number of hydrogen-bond acceptors (Lipinski definition) is 3. The monoisotopic (exact) mass is 338 g/mol. The van der Waals surface area contributed by atoms with E-state index in [9.17, 15) is 0 Å². The molecule has 1 atom stereocenters. The quantitative estimate of drug-likeness (QED) is 0.862. The van der Waals surface area contributed by atoms with Crippen molar-refractivity contribution in [3.8, 4) is 5.75 Å². The average Bonchev–Trinajstić information content (AvgIpc) is 3.17. The van der Waals surface area contributed by atoms with Crippen molar-refractivity contribution in [2.45, 2.75) is 44.3 Å². The van der Waals surface area contributed by atoms with E-state index in [0.29, 0.717) is 6.04 Å². The molecule has 1 saturated carbocycles. The number of methoxy groups -OCH3 is 1. The molecule has 2 aliphatic rings. The molecule has 1 heterocycles. The fourth-order valence-electron chi connectivity index (χ4n) is 3.02. The second-order valence-corrected chi connectivity index (χ2v) is 6.78. The molecule has 0 radical (unpaired) electrons. The molecule has 1 aliphatic heterocycles. The largest absolute Gasteiger partial charge is 0.496 e. The maximum Gasteiger partial charge on any atom is 0.133 e. The third kappa shape index (κ3) is 3.54. The minimum absolute atomic E-state index is 0.692. The fourth-order valence-corrected chi connectivity index (χ4v) is 3.61. The molecular formula is C16H23BrN2O. The average molecular weight is 339 g/mol. The Labute approximate surface area is 129 Å². The lowest BCUT2D eigenvalue weighted by molar-refractivity contribution is 0.231. The zero-order chi connectivity index (χ0) is 13.9. The van der Waals surface area contributed by atoms with Crippen LogP contribution in [0.15, 0.2) is 22.7 Å². The van der Waals surface area contributed by atoms with Crippen molar-refractivity contribution in [2.75, 3.05) is 20.2 Å². The van der Waals surface area contributed by atoms with Gasteiger partial charge in [0.1, 0.15) is 5.75 Å². The third-order valence-electron chi connectivity index (χ3n) is 4.28. The summed E-state index contributed by atoms with van der Waals surface area (Å²) in [6.07, 6.45) is 5.39. The van der Waals surface area contributed by atoms with E-state index >= 15 is 0 Å². The van der Waals surface area contributed by atoms with Gasteiger partial charge in [0.25, 0.3) is 0 Å². The van der Waals surface area contributed by atoms with Crippen molar-refractivity contribution in [3.63, 3.8) is 0 Å². The van der Waals surface area contributed by atoms with E-state index in [0.717, 1.165) is 22.8 Å². The molecule has 0 aromatic heterocycles. The molecule has 110 valence electrons. The zero-order valence-electron chi connectivity index (χ0n) is 12.1. The maximum atomic E-state index is 5.30. The van der Waals surface area contributed by atoms with E-state index in [1.807, 2.05) is 0 Å². The van der Waals surface area contributed by atoms with E-state index in [1.165, 1.54) is 44.3 Å². The van der Waals surface area contributed by atoms with Gasteiger partial charge >= 0.3 is 0 Å². The number of hydrogen-bond donors (Lipinski definition) is 1. The molecular weight excluding hydrogens is 316 g/mol. The van der Waals surface area contributed by atoms with Gasteiger partial charge in [-0.15, -0.1) is 0 Å². The highest BCUT2D eigenvalue weighted by atomic mass is 79.9. The Balaban J connectivity index is 1.64. The first-order chi connectivity index (χ1) is 9.76. The Kier molecular flexibility index (Phi) is 4.64. The Morgan fingerprint density at radius 1 is 1.35 bits per heavy atom. The van der Waals surface area contributed by atoms with Crippen molar-refractivity contribution >= 4 is 15.9 Å². The van der Waals surface area contributed by atoms with Crippen LogP contribution in [0.25, 0.3) is 0 Å². The molecule has 1 unspecified atom stereocenters.